The molecule has 0 spiro atoms. The van der Waals surface area contributed by atoms with Gasteiger partial charge in [0.1, 0.15) is 10.6 Å². The molecule has 1 fully saturated rings. The van der Waals surface area contributed by atoms with Gasteiger partial charge in [-0.25, -0.2) is 4.98 Å². The van der Waals surface area contributed by atoms with Gasteiger partial charge in [0.25, 0.3) is 0 Å². The monoisotopic (exact) mass is 282 g/mol. The second kappa shape index (κ2) is 5.90. The lowest BCUT2D eigenvalue weighted by Crippen LogP contribution is -2.34. The lowest BCUT2D eigenvalue weighted by Gasteiger charge is -2.26. The van der Waals surface area contributed by atoms with E-state index in [2.05, 4.69) is 38.0 Å². The van der Waals surface area contributed by atoms with Crippen LogP contribution < -0.4 is 5.32 Å². The molecule has 1 N–H and O–H groups in total. The number of rotatable bonds is 5. The highest BCUT2D eigenvalue weighted by Crippen LogP contribution is 2.43. The molecular formula is C15H26N2OS. The Morgan fingerprint density at radius 1 is 1.37 bits per heavy atom. The number of thiazole rings is 1. The Labute approximate surface area is 120 Å². The summed E-state index contributed by atoms with van der Waals surface area (Å²) in [5, 5.41) is 4.69. The van der Waals surface area contributed by atoms with Crippen molar-refractivity contribution in [2.24, 2.45) is 0 Å². The minimum atomic E-state index is -0.0839. The van der Waals surface area contributed by atoms with Crippen LogP contribution in [-0.2, 0) is 16.9 Å². The molecule has 1 heterocycles. The van der Waals surface area contributed by atoms with Crippen LogP contribution in [0.3, 0.4) is 0 Å². The van der Waals surface area contributed by atoms with Crippen molar-refractivity contribution in [3.63, 3.8) is 0 Å². The molecule has 1 saturated carbocycles. The molecule has 0 saturated heterocycles. The second-order valence-electron chi connectivity index (χ2n) is 6.37. The standard InChI is InChI=1S/C15H26N2OS/c1-5-18-15(8-6-7-9-15)13-16-10-12(19-13)11-17-14(2,3)4/h10,17H,5-9,11H2,1-4H3. The van der Waals surface area contributed by atoms with Crippen LogP contribution in [0.2, 0.25) is 0 Å². The van der Waals surface area contributed by atoms with Crippen LogP contribution in [0.1, 0.15) is 63.3 Å². The zero-order valence-electron chi connectivity index (χ0n) is 12.6. The van der Waals surface area contributed by atoms with Gasteiger partial charge in [-0.1, -0.05) is 12.8 Å². The fraction of sp³-hybridized carbons (Fsp3) is 0.800. The first-order valence-electron chi connectivity index (χ1n) is 7.29. The summed E-state index contributed by atoms with van der Waals surface area (Å²) >= 11 is 1.81. The van der Waals surface area contributed by atoms with Gasteiger partial charge in [-0.15, -0.1) is 11.3 Å². The van der Waals surface area contributed by atoms with Crippen molar-refractivity contribution in [1.82, 2.24) is 10.3 Å². The van der Waals surface area contributed by atoms with Crippen LogP contribution in [0.4, 0.5) is 0 Å². The first-order valence-corrected chi connectivity index (χ1v) is 8.11. The predicted octanol–water partition coefficient (Wildman–Crippen LogP) is 3.84. The van der Waals surface area contributed by atoms with Gasteiger partial charge in [-0.05, 0) is 40.5 Å². The van der Waals surface area contributed by atoms with E-state index in [1.807, 2.05) is 17.5 Å². The van der Waals surface area contributed by atoms with E-state index in [0.29, 0.717) is 0 Å². The van der Waals surface area contributed by atoms with E-state index in [0.717, 1.165) is 26.0 Å². The zero-order chi connectivity index (χ0) is 13.9. The highest BCUT2D eigenvalue weighted by Gasteiger charge is 2.39. The van der Waals surface area contributed by atoms with Crippen LogP contribution in [0, 0.1) is 0 Å². The third-order valence-electron chi connectivity index (χ3n) is 3.57. The molecule has 0 aliphatic heterocycles. The minimum absolute atomic E-state index is 0.0839. The van der Waals surface area contributed by atoms with Crippen LogP contribution in [0.15, 0.2) is 6.20 Å². The molecule has 0 unspecified atom stereocenters. The predicted molar refractivity (Wildman–Crippen MR) is 80.5 cm³/mol. The van der Waals surface area contributed by atoms with Gasteiger partial charge >= 0.3 is 0 Å². The van der Waals surface area contributed by atoms with Crippen LogP contribution in [0.5, 0.6) is 0 Å². The number of hydrogen-bond acceptors (Lipinski definition) is 4. The molecule has 0 aromatic carbocycles. The molecule has 108 valence electrons. The van der Waals surface area contributed by atoms with Crippen LogP contribution in [-0.4, -0.2) is 17.1 Å². The van der Waals surface area contributed by atoms with Crippen molar-refractivity contribution < 1.29 is 4.74 Å². The third-order valence-corrected chi connectivity index (χ3v) is 4.75. The van der Waals surface area contributed by atoms with Crippen molar-refractivity contribution in [3.05, 3.63) is 16.1 Å². The van der Waals surface area contributed by atoms with Crippen LogP contribution in [0.25, 0.3) is 0 Å². The number of nitrogens with zero attached hydrogens (tertiary/aromatic N) is 1. The Morgan fingerprint density at radius 3 is 2.63 bits per heavy atom. The lowest BCUT2D eigenvalue weighted by molar-refractivity contribution is -0.0391. The van der Waals surface area contributed by atoms with E-state index in [9.17, 15) is 0 Å². The fourth-order valence-corrected chi connectivity index (χ4v) is 3.65. The van der Waals surface area contributed by atoms with Crippen molar-refractivity contribution in [2.75, 3.05) is 6.61 Å². The van der Waals surface area contributed by atoms with E-state index in [1.165, 1.54) is 22.7 Å². The molecule has 0 bridgehead atoms. The quantitative estimate of drug-likeness (QED) is 0.891. The van der Waals surface area contributed by atoms with Gasteiger partial charge in [0.05, 0.1) is 0 Å². The van der Waals surface area contributed by atoms with Gasteiger partial charge in [0, 0.05) is 29.8 Å². The summed E-state index contributed by atoms with van der Waals surface area (Å²) in [6, 6.07) is 0. The molecule has 4 heteroatoms. The van der Waals surface area contributed by atoms with Gasteiger partial charge in [0.15, 0.2) is 0 Å². The Morgan fingerprint density at radius 2 is 2.05 bits per heavy atom. The molecule has 0 atom stereocenters. The molecule has 2 rings (SSSR count). The average molecular weight is 282 g/mol. The topological polar surface area (TPSA) is 34.1 Å². The molecule has 1 aromatic rings. The Hall–Kier alpha value is -0.450. The zero-order valence-corrected chi connectivity index (χ0v) is 13.4. The summed E-state index contributed by atoms with van der Waals surface area (Å²) < 4.78 is 6.06. The summed E-state index contributed by atoms with van der Waals surface area (Å²) in [5.74, 6) is 0. The average Bonchev–Trinajstić information content (AvgIpc) is 2.94. The maximum absolute atomic E-state index is 6.06. The van der Waals surface area contributed by atoms with Crippen molar-refractivity contribution >= 4 is 11.3 Å². The number of hydrogen-bond donors (Lipinski definition) is 1. The first-order chi connectivity index (χ1) is 8.95. The molecule has 1 aromatic heterocycles. The Bertz CT molecular complexity index is 403. The van der Waals surface area contributed by atoms with Gasteiger partial charge in [-0.3, -0.25) is 0 Å². The summed E-state index contributed by atoms with van der Waals surface area (Å²) in [4.78, 5) is 5.94. The number of aromatic nitrogens is 1. The maximum atomic E-state index is 6.06. The van der Waals surface area contributed by atoms with Crippen LogP contribution >= 0.6 is 11.3 Å². The molecule has 3 nitrogen and oxygen atoms in total. The fourth-order valence-electron chi connectivity index (χ4n) is 2.59. The number of ether oxygens (including phenoxy) is 1. The molecule has 19 heavy (non-hydrogen) atoms. The Balaban J connectivity index is 2.06. The van der Waals surface area contributed by atoms with Crippen molar-refractivity contribution in [2.45, 2.75) is 71.1 Å². The largest absolute Gasteiger partial charge is 0.368 e. The van der Waals surface area contributed by atoms with Gasteiger partial charge < -0.3 is 10.1 Å². The SMILES string of the molecule is CCOC1(c2ncc(CNC(C)(C)C)s2)CCCC1. The Kier molecular flexibility index (Phi) is 4.64. The summed E-state index contributed by atoms with van der Waals surface area (Å²) in [6.45, 7) is 10.3. The van der Waals surface area contributed by atoms with Gasteiger partial charge in [-0.2, -0.15) is 0 Å². The summed E-state index contributed by atoms with van der Waals surface area (Å²) in [7, 11) is 0. The van der Waals surface area contributed by atoms with E-state index >= 15 is 0 Å². The molecule has 1 aliphatic rings. The third kappa shape index (κ3) is 3.77. The van der Waals surface area contributed by atoms with Crippen molar-refractivity contribution in [1.29, 1.82) is 0 Å². The first kappa shape index (κ1) is 14.9. The molecule has 1 aliphatic carbocycles. The maximum Gasteiger partial charge on any atom is 0.125 e. The summed E-state index contributed by atoms with van der Waals surface area (Å²) in [6.07, 6.45) is 6.78. The number of nitrogens with one attached hydrogen (secondary N) is 1. The summed E-state index contributed by atoms with van der Waals surface area (Å²) in [5.41, 5.74) is 0.0640. The molecular weight excluding hydrogens is 256 g/mol. The van der Waals surface area contributed by atoms with E-state index in [1.54, 1.807) is 0 Å². The lowest BCUT2D eigenvalue weighted by atomic mass is 10.0. The molecule has 0 radical (unpaired) electrons. The molecule has 0 amide bonds. The van der Waals surface area contributed by atoms with Crippen molar-refractivity contribution in [3.8, 4) is 0 Å². The van der Waals surface area contributed by atoms with E-state index in [4.69, 9.17) is 4.74 Å². The normalized spacial score (nSPS) is 18.9. The van der Waals surface area contributed by atoms with E-state index < -0.39 is 0 Å². The highest BCUT2D eigenvalue weighted by atomic mass is 32.1. The smallest absolute Gasteiger partial charge is 0.125 e. The highest BCUT2D eigenvalue weighted by molar-refractivity contribution is 7.11. The van der Waals surface area contributed by atoms with E-state index in [-0.39, 0.29) is 11.1 Å². The minimum Gasteiger partial charge on any atom is -0.368 e. The second-order valence-corrected chi connectivity index (χ2v) is 7.48. The van der Waals surface area contributed by atoms with Gasteiger partial charge in [0.2, 0.25) is 0 Å².